The van der Waals surface area contributed by atoms with Crippen LogP contribution in [0.25, 0.3) is 77.3 Å². The van der Waals surface area contributed by atoms with Crippen LogP contribution in [0.15, 0.2) is 134 Å². The molecule has 0 unspecified atom stereocenters. The summed E-state index contributed by atoms with van der Waals surface area (Å²) in [5.74, 6) is 1.01. The Kier molecular flexibility index (Phi) is 5.10. The van der Waals surface area contributed by atoms with Gasteiger partial charge < -0.3 is 0 Å². The van der Waals surface area contributed by atoms with E-state index < -0.39 is 0 Å². The lowest BCUT2D eigenvalue weighted by molar-refractivity contribution is 1.08. The van der Waals surface area contributed by atoms with Gasteiger partial charge in [0.25, 0.3) is 0 Å². The second kappa shape index (κ2) is 9.07. The van der Waals surface area contributed by atoms with Crippen molar-refractivity contribution < 1.29 is 0 Å². The minimum atomic E-state index is 0.504. The molecule has 0 fully saturated rings. The van der Waals surface area contributed by atoms with Crippen LogP contribution in [0.1, 0.15) is 0 Å². The monoisotopic (exact) mass is 510 g/mol. The number of fused-ring (bicyclic) bond motifs is 6. The van der Waals surface area contributed by atoms with E-state index in [9.17, 15) is 0 Å². The minimum Gasteiger partial charge on any atom is -0.234 e. The van der Waals surface area contributed by atoms with Crippen molar-refractivity contribution in [3.63, 3.8) is 0 Å². The molecule has 0 atom stereocenters. The molecule has 0 radical (unpaired) electrons. The number of benzene rings is 6. The Bertz CT molecular complexity index is 2080. The molecule has 0 N–H and O–H groups in total. The molecule has 8 rings (SSSR count). The Hall–Kier alpha value is -5.48. The number of rotatable bonds is 3. The van der Waals surface area contributed by atoms with Crippen LogP contribution in [0.3, 0.4) is 0 Å². The quantitative estimate of drug-likeness (QED) is 0.223. The molecule has 0 amide bonds. The highest BCUT2D eigenvalue weighted by Crippen LogP contribution is 2.33. The molecule has 0 spiro atoms. The van der Waals surface area contributed by atoms with Gasteiger partial charge >= 0.3 is 0 Å². The van der Waals surface area contributed by atoms with Crippen molar-refractivity contribution in [3.05, 3.63) is 134 Å². The summed E-state index contributed by atoms with van der Waals surface area (Å²) < 4.78 is 0. The van der Waals surface area contributed by atoms with E-state index in [1.54, 1.807) is 18.5 Å². The summed E-state index contributed by atoms with van der Waals surface area (Å²) in [6.45, 7) is 0. The van der Waals surface area contributed by atoms with E-state index in [0.29, 0.717) is 11.6 Å². The molecule has 8 aromatic rings. The zero-order valence-electron chi connectivity index (χ0n) is 21.5. The smallest absolute Gasteiger partial charge is 0.198 e. The highest BCUT2D eigenvalue weighted by molar-refractivity contribution is 6.09. The van der Waals surface area contributed by atoms with Crippen LogP contribution in [0, 0.1) is 0 Å². The molecule has 4 heteroatoms. The summed E-state index contributed by atoms with van der Waals surface area (Å²) in [5.41, 5.74) is 3.72. The van der Waals surface area contributed by atoms with Gasteiger partial charge in [-0.05, 0) is 67.4 Å². The van der Waals surface area contributed by atoms with Crippen molar-refractivity contribution in [1.29, 1.82) is 0 Å². The largest absolute Gasteiger partial charge is 0.234 e. The minimum absolute atomic E-state index is 0.504. The summed E-state index contributed by atoms with van der Waals surface area (Å²) in [4.78, 5) is 18.8. The van der Waals surface area contributed by atoms with Crippen molar-refractivity contribution in [2.45, 2.75) is 0 Å². The van der Waals surface area contributed by atoms with Crippen molar-refractivity contribution in [1.82, 2.24) is 19.9 Å². The third kappa shape index (κ3) is 3.77. The van der Waals surface area contributed by atoms with Crippen LogP contribution in [-0.4, -0.2) is 19.9 Å². The fraction of sp³-hybridized carbons (Fsp3) is 0. The average molecular weight is 511 g/mol. The Morgan fingerprint density at radius 2 is 0.825 bits per heavy atom. The fourth-order valence-corrected chi connectivity index (χ4v) is 5.60. The van der Waals surface area contributed by atoms with E-state index in [1.165, 1.54) is 43.1 Å². The van der Waals surface area contributed by atoms with Gasteiger partial charge in [0.2, 0.25) is 0 Å². The normalized spacial score (nSPS) is 11.5. The van der Waals surface area contributed by atoms with Crippen molar-refractivity contribution in [2.75, 3.05) is 0 Å². The van der Waals surface area contributed by atoms with Gasteiger partial charge in [-0.15, -0.1) is 0 Å². The molecule has 2 heterocycles. The summed E-state index contributed by atoms with van der Waals surface area (Å²) in [6, 6.07) is 42.6. The zero-order valence-corrected chi connectivity index (χ0v) is 21.5. The topological polar surface area (TPSA) is 51.6 Å². The van der Waals surface area contributed by atoms with Crippen LogP contribution in [0.2, 0.25) is 0 Å². The van der Waals surface area contributed by atoms with Gasteiger partial charge in [0.1, 0.15) is 0 Å². The first-order valence-corrected chi connectivity index (χ1v) is 13.3. The summed E-state index contributed by atoms with van der Waals surface area (Å²) >= 11 is 0. The van der Waals surface area contributed by atoms with Crippen molar-refractivity contribution in [2.24, 2.45) is 0 Å². The van der Waals surface area contributed by atoms with Gasteiger partial charge in [0.15, 0.2) is 11.6 Å². The van der Waals surface area contributed by atoms with Crippen LogP contribution >= 0.6 is 0 Å². The van der Waals surface area contributed by atoms with Gasteiger partial charge in [-0.2, -0.15) is 0 Å². The van der Waals surface area contributed by atoms with Gasteiger partial charge in [0, 0.05) is 23.5 Å². The predicted molar refractivity (Wildman–Crippen MR) is 164 cm³/mol. The maximum absolute atomic E-state index is 4.94. The lowest BCUT2D eigenvalue weighted by atomic mass is 9.97. The predicted octanol–water partition coefficient (Wildman–Crippen LogP) is 8.88. The van der Waals surface area contributed by atoms with Crippen LogP contribution < -0.4 is 0 Å². The van der Waals surface area contributed by atoms with Gasteiger partial charge in [-0.1, -0.05) is 97.1 Å². The Morgan fingerprint density at radius 1 is 0.350 bits per heavy atom. The summed E-state index contributed by atoms with van der Waals surface area (Å²) in [6.07, 6.45) is 3.45. The highest BCUT2D eigenvalue weighted by Gasteiger charge is 2.14. The SMILES string of the molecule is c1cnc(-c2nc(-c3ccc4c(ccc5ccccc54)c3)cc(-c3ccc4c(ccc5ccccc54)c3)n2)nc1. The molecule has 4 nitrogen and oxygen atoms in total. The number of aromatic nitrogens is 4. The van der Waals surface area contributed by atoms with E-state index in [4.69, 9.17) is 9.97 Å². The fourth-order valence-electron chi connectivity index (χ4n) is 5.60. The standard InChI is InChI=1S/C36H22N4/c1-3-8-29-23(6-1)10-12-25-20-27(14-16-31(25)29)33-22-34(40-36(39-33)35-37-18-5-19-38-35)28-15-17-32-26(21-28)13-11-24-7-2-4-9-30(24)32/h1-22H. The Labute approximate surface area is 230 Å². The van der Waals surface area contributed by atoms with Crippen LogP contribution in [0.4, 0.5) is 0 Å². The molecule has 40 heavy (non-hydrogen) atoms. The molecule has 0 aliphatic carbocycles. The molecule has 0 saturated carbocycles. The number of hydrogen-bond donors (Lipinski definition) is 0. The van der Waals surface area contributed by atoms with Crippen LogP contribution in [0.5, 0.6) is 0 Å². The molecule has 0 aliphatic rings. The molecule has 0 aliphatic heterocycles. The third-order valence-corrected chi connectivity index (χ3v) is 7.57. The van der Waals surface area contributed by atoms with E-state index in [0.717, 1.165) is 22.5 Å². The maximum Gasteiger partial charge on any atom is 0.198 e. The number of nitrogens with zero attached hydrogens (tertiary/aromatic N) is 4. The molecule has 2 aromatic heterocycles. The van der Waals surface area contributed by atoms with E-state index in [1.807, 2.05) is 0 Å². The Balaban J connectivity index is 1.32. The molecular weight excluding hydrogens is 488 g/mol. The van der Waals surface area contributed by atoms with E-state index >= 15 is 0 Å². The molecular formula is C36H22N4. The second-order valence-electron chi connectivity index (χ2n) is 9.98. The lowest BCUT2D eigenvalue weighted by Gasteiger charge is -2.11. The van der Waals surface area contributed by atoms with E-state index in [-0.39, 0.29) is 0 Å². The maximum atomic E-state index is 4.94. The first-order valence-electron chi connectivity index (χ1n) is 13.3. The van der Waals surface area contributed by atoms with Crippen LogP contribution in [-0.2, 0) is 0 Å². The summed E-state index contributed by atoms with van der Waals surface area (Å²) in [7, 11) is 0. The summed E-state index contributed by atoms with van der Waals surface area (Å²) in [5, 5.41) is 9.76. The van der Waals surface area contributed by atoms with Gasteiger partial charge in [-0.3, -0.25) is 0 Å². The number of hydrogen-bond acceptors (Lipinski definition) is 4. The third-order valence-electron chi connectivity index (χ3n) is 7.57. The second-order valence-corrected chi connectivity index (χ2v) is 9.98. The zero-order chi connectivity index (χ0) is 26.5. The lowest BCUT2D eigenvalue weighted by Crippen LogP contribution is -1.99. The molecule has 0 saturated heterocycles. The molecule has 186 valence electrons. The van der Waals surface area contributed by atoms with Crippen molar-refractivity contribution >= 4 is 43.1 Å². The van der Waals surface area contributed by atoms with Gasteiger partial charge in [0.05, 0.1) is 11.4 Å². The van der Waals surface area contributed by atoms with Crippen molar-refractivity contribution in [3.8, 4) is 34.2 Å². The highest BCUT2D eigenvalue weighted by atomic mass is 15.0. The molecule has 0 bridgehead atoms. The molecule has 6 aromatic carbocycles. The van der Waals surface area contributed by atoms with E-state index in [2.05, 4.69) is 125 Å². The first kappa shape index (κ1) is 22.5. The Morgan fingerprint density at radius 3 is 1.38 bits per heavy atom. The first-order chi connectivity index (χ1) is 19.8. The van der Waals surface area contributed by atoms with Gasteiger partial charge in [-0.25, -0.2) is 19.9 Å². The average Bonchev–Trinajstić information content (AvgIpc) is 3.04.